The van der Waals surface area contributed by atoms with Gasteiger partial charge in [0, 0.05) is 0 Å². The second-order valence-electron chi connectivity index (χ2n) is 3.12. The van der Waals surface area contributed by atoms with Gasteiger partial charge in [-0.15, -0.1) is 0 Å². The Kier molecular flexibility index (Phi) is 6.25. The minimum Gasteiger partial charge on any atom is -0.744 e. The maximum absolute atomic E-state index is 11.5. The molecule has 0 unspecified atom stereocenters. The Bertz CT molecular complexity index is 594. The van der Waals surface area contributed by atoms with E-state index in [0.29, 0.717) is 0 Å². The molecule has 0 heterocycles. The summed E-state index contributed by atoms with van der Waals surface area (Å²) in [6.45, 7) is 0. The van der Waals surface area contributed by atoms with Gasteiger partial charge in [0.05, 0.1) is 30.2 Å². The summed E-state index contributed by atoms with van der Waals surface area (Å²) in [5.41, 5.74) is -0.969. The van der Waals surface area contributed by atoms with Gasteiger partial charge in [0.1, 0.15) is 10.1 Å². The van der Waals surface area contributed by atoms with E-state index in [1.54, 1.807) is 0 Å². The average Bonchev–Trinajstić information content (AvgIpc) is 2.34. The molecule has 0 aromatic heterocycles. The van der Waals surface area contributed by atoms with Crippen LogP contribution >= 0.6 is 0 Å². The average molecular weight is 280 g/mol. The summed E-state index contributed by atoms with van der Waals surface area (Å²) >= 11 is 0. The minimum atomic E-state index is -4.91. The van der Waals surface area contributed by atoms with Crippen LogP contribution in [0.2, 0.25) is 0 Å². The van der Waals surface area contributed by atoms with E-state index in [1.807, 2.05) is 0 Å². The Hall–Kier alpha value is -1.33. The van der Waals surface area contributed by atoms with Gasteiger partial charge < -0.3 is 14.0 Å². The maximum Gasteiger partial charge on any atom is 1.00 e. The van der Waals surface area contributed by atoms with Gasteiger partial charge in [-0.1, -0.05) is 6.07 Å². The molecular weight excluding hydrogens is 271 g/mol. The van der Waals surface area contributed by atoms with Crippen molar-refractivity contribution in [1.29, 1.82) is 0 Å². The fourth-order valence-corrected chi connectivity index (χ4v) is 2.02. The Balaban J connectivity index is 0.00000324. The molecule has 0 aliphatic rings. The zero-order valence-corrected chi connectivity index (χ0v) is 11.3. The first-order valence-electron chi connectivity index (χ1n) is 4.58. The normalized spacial score (nSPS) is 10.3. The van der Waals surface area contributed by atoms with Gasteiger partial charge in [0.2, 0.25) is 0 Å². The van der Waals surface area contributed by atoms with Gasteiger partial charge in [-0.05, 0) is 12.1 Å². The fraction of sp³-hybridized carbons (Fsp3) is 0.200. The molecule has 1 aromatic rings. The number of hydrogen-bond donors (Lipinski definition) is 0. The smallest absolute Gasteiger partial charge is 0.744 e. The van der Waals surface area contributed by atoms with Crippen molar-refractivity contribution in [3.8, 4) is 0 Å². The van der Waals surface area contributed by atoms with Gasteiger partial charge in [-0.25, -0.2) is 18.0 Å². The second-order valence-corrected chi connectivity index (χ2v) is 4.46. The molecule has 1 aromatic carbocycles. The second kappa shape index (κ2) is 6.72. The van der Waals surface area contributed by atoms with Crippen LogP contribution in [0.5, 0.6) is 0 Å². The quantitative estimate of drug-likeness (QED) is 0.333. The molecule has 0 radical (unpaired) electrons. The van der Waals surface area contributed by atoms with Crippen LogP contribution in [0, 0.1) is 0 Å². The zero-order valence-electron chi connectivity index (χ0n) is 10.5. The number of esters is 2. The molecule has 0 saturated carbocycles. The number of ether oxygens (including phenoxy) is 2. The van der Waals surface area contributed by atoms with E-state index in [4.69, 9.17) is 0 Å². The van der Waals surface area contributed by atoms with Crippen molar-refractivity contribution < 1.29 is 50.9 Å². The van der Waals surface area contributed by atoms with Gasteiger partial charge >= 0.3 is 30.8 Å². The molecule has 0 amide bonds. The van der Waals surface area contributed by atoms with Crippen molar-refractivity contribution in [2.75, 3.05) is 14.2 Å². The van der Waals surface area contributed by atoms with Crippen LogP contribution in [-0.4, -0.2) is 39.1 Å². The number of rotatable bonds is 3. The summed E-state index contributed by atoms with van der Waals surface area (Å²) in [5.74, 6) is -2.05. The van der Waals surface area contributed by atoms with Crippen molar-refractivity contribution in [1.82, 2.24) is 0 Å². The molecule has 9 heteroatoms. The summed E-state index contributed by atoms with van der Waals surface area (Å²) in [5, 5.41) is 0. The third-order valence-electron chi connectivity index (χ3n) is 2.09. The topological polar surface area (TPSA) is 110 Å². The Morgan fingerprint density at radius 1 is 1.11 bits per heavy atom. The third kappa shape index (κ3) is 3.81. The molecule has 0 atom stereocenters. The largest absolute Gasteiger partial charge is 1.00 e. The van der Waals surface area contributed by atoms with Crippen LogP contribution in [-0.2, 0) is 19.6 Å². The van der Waals surface area contributed by atoms with E-state index in [1.165, 1.54) is 0 Å². The van der Waals surface area contributed by atoms with E-state index in [0.717, 1.165) is 32.4 Å². The summed E-state index contributed by atoms with van der Waals surface area (Å²) in [6, 6.07) is 3.23. The molecule has 98 valence electrons. The standard InChI is InChI=1S/C10H10O7S.Li/c1-16-9(11)6-4-3-5-7(18(13,14)15)8(6)10(12)17-2;/h3-5H,1-2H3,(H,13,14,15);/q;+1/p-1. The molecule has 0 spiro atoms. The Labute approximate surface area is 121 Å². The van der Waals surface area contributed by atoms with Crippen LogP contribution in [0.4, 0.5) is 0 Å². The van der Waals surface area contributed by atoms with Crippen LogP contribution in [0.15, 0.2) is 23.1 Å². The molecule has 0 N–H and O–H groups in total. The SMILES string of the molecule is COC(=O)c1cccc(S(=O)(=O)[O-])c1C(=O)OC.[Li+]. The van der Waals surface area contributed by atoms with Crippen molar-refractivity contribution in [3.05, 3.63) is 29.3 Å². The molecule has 0 aliphatic carbocycles. The van der Waals surface area contributed by atoms with E-state index in [-0.39, 0.29) is 24.4 Å². The van der Waals surface area contributed by atoms with Gasteiger partial charge in [0.25, 0.3) is 0 Å². The molecule has 0 bridgehead atoms. The Morgan fingerprint density at radius 2 is 1.63 bits per heavy atom. The van der Waals surface area contributed by atoms with E-state index < -0.39 is 32.5 Å². The van der Waals surface area contributed by atoms with E-state index in [9.17, 15) is 22.6 Å². The maximum atomic E-state index is 11.5. The van der Waals surface area contributed by atoms with Crippen molar-refractivity contribution >= 4 is 22.1 Å². The first-order valence-corrected chi connectivity index (χ1v) is 5.99. The molecule has 19 heavy (non-hydrogen) atoms. The number of benzene rings is 1. The molecule has 1 rings (SSSR count). The number of methoxy groups -OCH3 is 2. The van der Waals surface area contributed by atoms with Crippen LogP contribution in [0.25, 0.3) is 0 Å². The van der Waals surface area contributed by atoms with Crippen LogP contribution in [0.3, 0.4) is 0 Å². The molecule has 0 aliphatic heterocycles. The van der Waals surface area contributed by atoms with Crippen molar-refractivity contribution in [3.63, 3.8) is 0 Å². The predicted molar refractivity (Wildman–Crippen MR) is 57.1 cm³/mol. The minimum absolute atomic E-state index is 0. The molecule has 7 nitrogen and oxygen atoms in total. The molecule has 0 fully saturated rings. The van der Waals surface area contributed by atoms with E-state index in [2.05, 4.69) is 9.47 Å². The summed E-state index contributed by atoms with van der Waals surface area (Å²) in [7, 11) is -2.86. The van der Waals surface area contributed by atoms with Gasteiger partial charge in [-0.3, -0.25) is 0 Å². The number of carbonyl (C=O) groups excluding carboxylic acids is 2. The third-order valence-corrected chi connectivity index (χ3v) is 2.97. The Morgan fingerprint density at radius 3 is 2.05 bits per heavy atom. The first-order chi connectivity index (χ1) is 8.32. The first kappa shape index (κ1) is 17.7. The van der Waals surface area contributed by atoms with Crippen LogP contribution < -0.4 is 18.9 Å². The van der Waals surface area contributed by atoms with E-state index >= 15 is 0 Å². The van der Waals surface area contributed by atoms with Gasteiger partial charge in [-0.2, -0.15) is 0 Å². The number of hydrogen-bond acceptors (Lipinski definition) is 7. The van der Waals surface area contributed by atoms with Crippen LogP contribution in [0.1, 0.15) is 20.7 Å². The molecule has 0 saturated heterocycles. The van der Waals surface area contributed by atoms with Gasteiger partial charge in [0.15, 0.2) is 0 Å². The predicted octanol–water partition coefficient (Wildman–Crippen LogP) is -2.83. The molecular formula is C10H9LiO7S. The zero-order chi connectivity index (χ0) is 13.9. The van der Waals surface area contributed by atoms with Crippen molar-refractivity contribution in [2.45, 2.75) is 4.90 Å². The number of carbonyl (C=O) groups is 2. The summed E-state index contributed by atoms with van der Waals surface area (Å²) < 4.78 is 41.8. The monoisotopic (exact) mass is 280 g/mol. The fourth-order valence-electron chi connectivity index (χ4n) is 1.33. The summed E-state index contributed by atoms with van der Waals surface area (Å²) in [6.07, 6.45) is 0. The van der Waals surface area contributed by atoms with Crippen molar-refractivity contribution in [2.24, 2.45) is 0 Å². The summed E-state index contributed by atoms with van der Waals surface area (Å²) in [4.78, 5) is 22.1.